The predicted molar refractivity (Wildman–Crippen MR) is 106 cm³/mol. The molecule has 2 saturated heterocycles. The van der Waals surface area contributed by atoms with E-state index in [1.165, 1.54) is 18.4 Å². The number of hydrogen-bond donors (Lipinski definition) is 1. The molecule has 0 saturated carbocycles. The number of piperidine rings is 1. The van der Waals surface area contributed by atoms with Crippen molar-refractivity contribution in [3.05, 3.63) is 17.5 Å². The maximum Gasteiger partial charge on any atom is 0.220 e. The molecule has 6 nitrogen and oxygen atoms in total. The first kappa shape index (κ1) is 20.3. The fraction of sp³-hybridized carbons (Fsp3) is 0.810. The quantitative estimate of drug-likeness (QED) is 0.720. The zero-order valence-corrected chi connectivity index (χ0v) is 17.1. The molecule has 0 bridgehead atoms. The fourth-order valence-electron chi connectivity index (χ4n) is 4.19. The first-order valence-corrected chi connectivity index (χ1v) is 10.8. The molecule has 2 fully saturated rings. The third kappa shape index (κ3) is 6.32. The second-order valence-electron chi connectivity index (χ2n) is 8.20. The van der Waals surface area contributed by atoms with Crippen molar-refractivity contribution in [3.63, 3.8) is 0 Å². The van der Waals surface area contributed by atoms with Crippen LogP contribution in [-0.4, -0.2) is 52.9 Å². The summed E-state index contributed by atoms with van der Waals surface area (Å²) in [5.41, 5.74) is 2.52. The highest BCUT2D eigenvalue weighted by molar-refractivity contribution is 5.75. The Morgan fingerprint density at radius 1 is 1.33 bits per heavy atom. The highest BCUT2D eigenvalue weighted by atomic mass is 16.5. The van der Waals surface area contributed by atoms with Crippen LogP contribution in [0.2, 0.25) is 0 Å². The van der Waals surface area contributed by atoms with Crippen molar-refractivity contribution in [3.8, 4) is 0 Å². The topological polar surface area (TPSA) is 59.4 Å². The smallest absolute Gasteiger partial charge is 0.220 e. The normalized spacial score (nSPS) is 21.6. The molecule has 0 aliphatic carbocycles. The van der Waals surface area contributed by atoms with Crippen LogP contribution >= 0.6 is 0 Å². The standard InChI is InChI=1S/C21H36N4O2/c1-3-10-25-16-19(17(2)23-25)15-24-11-8-18(9-12-24)6-7-21(26)22-14-20-5-4-13-27-20/h16,18,20H,3-15H2,1-2H3,(H,22,26). The van der Waals surface area contributed by atoms with Crippen molar-refractivity contribution < 1.29 is 9.53 Å². The Balaban J connectivity index is 1.32. The second-order valence-corrected chi connectivity index (χ2v) is 8.20. The number of rotatable bonds is 9. The highest BCUT2D eigenvalue weighted by Crippen LogP contribution is 2.23. The van der Waals surface area contributed by atoms with Gasteiger partial charge >= 0.3 is 0 Å². The highest BCUT2D eigenvalue weighted by Gasteiger charge is 2.21. The molecule has 1 aromatic rings. The molecule has 1 N–H and O–H groups in total. The van der Waals surface area contributed by atoms with Gasteiger partial charge in [-0.2, -0.15) is 5.10 Å². The number of amides is 1. The molecule has 3 heterocycles. The molecule has 3 rings (SSSR count). The second kappa shape index (κ2) is 10.2. The molecular weight excluding hydrogens is 340 g/mol. The van der Waals surface area contributed by atoms with E-state index in [-0.39, 0.29) is 12.0 Å². The van der Waals surface area contributed by atoms with Gasteiger partial charge in [0, 0.05) is 44.4 Å². The van der Waals surface area contributed by atoms with E-state index < -0.39 is 0 Å². The minimum atomic E-state index is 0.187. The molecule has 152 valence electrons. The van der Waals surface area contributed by atoms with Crippen LogP contribution in [0, 0.1) is 12.8 Å². The molecule has 2 aliphatic rings. The van der Waals surface area contributed by atoms with Gasteiger partial charge in [0.15, 0.2) is 0 Å². The van der Waals surface area contributed by atoms with Crippen LogP contribution in [0.5, 0.6) is 0 Å². The van der Waals surface area contributed by atoms with E-state index in [0.29, 0.717) is 18.9 Å². The summed E-state index contributed by atoms with van der Waals surface area (Å²) in [6.07, 6.45) is 9.83. The number of aryl methyl sites for hydroxylation is 2. The number of hydrogen-bond acceptors (Lipinski definition) is 4. The van der Waals surface area contributed by atoms with Crippen LogP contribution in [0.15, 0.2) is 6.20 Å². The van der Waals surface area contributed by atoms with E-state index in [9.17, 15) is 4.79 Å². The van der Waals surface area contributed by atoms with Crippen LogP contribution in [0.25, 0.3) is 0 Å². The predicted octanol–water partition coefficient (Wildman–Crippen LogP) is 2.89. The molecule has 6 heteroatoms. The number of nitrogens with one attached hydrogen (secondary N) is 1. The van der Waals surface area contributed by atoms with E-state index in [4.69, 9.17) is 4.74 Å². The van der Waals surface area contributed by atoms with Crippen molar-refractivity contribution in [1.82, 2.24) is 20.0 Å². The SMILES string of the molecule is CCCn1cc(CN2CCC(CCC(=O)NCC3CCCO3)CC2)c(C)n1. The van der Waals surface area contributed by atoms with Crippen molar-refractivity contribution in [2.24, 2.45) is 5.92 Å². The summed E-state index contributed by atoms with van der Waals surface area (Å²) in [5.74, 6) is 0.866. The number of carbonyl (C=O) groups excluding carboxylic acids is 1. The van der Waals surface area contributed by atoms with Gasteiger partial charge in [-0.25, -0.2) is 0 Å². The summed E-state index contributed by atoms with van der Waals surface area (Å²) in [7, 11) is 0. The first-order chi connectivity index (χ1) is 13.1. The van der Waals surface area contributed by atoms with Gasteiger partial charge in [-0.1, -0.05) is 6.92 Å². The van der Waals surface area contributed by atoms with Gasteiger partial charge in [-0.15, -0.1) is 0 Å². The number of aromatic nitrogens is 2. The monoisotopic (exact) mass is 376 g/mol. The molecule has 1 atom stereocenters. The lowest BCUT2D eigenvalue weighted by atomic mass is 9.92. The summed E-state index contributed by atoms with van der Waals surface area (Å²) < 4.78 is 7.63. The van der Waals surface area contributed by atoms with Crippen LogP contribution < -0.4 is 5.32 Å². The zero-order chi connectivity index (χ0) is 19.1. The minimum absolute atomic E-state index is 0.187. The fourth-order valence-corrected chi connectivity index (χ4v) is 4.19. The van der Waals surface area contributed by atoms with Gasteiger partial charge < -0.3 is 10.1 Å². The van der Waals surface area contributed by atoms with E-state index in [1.807, 2.05) is 0 Å². The van der Waals surface area contributed by atoms with Crippen molar-refractivity contribution >= 4 is 5.91 Å². The van der Waals surface area contributed by atoms with Gasteiger partial charge in [-0.3, -0.25) is 14.4 Å². The Kier molecular flexibility index (Phi) is 7.70. The largest absolute Gasteiger partial charge is 0.376 e. The van der Waals surface area contributed by atoms with E-state index >= 15 is 0 Å². The molecule has 1 unspecified atom stereocenters. The van der Waals surface area contributed by atoms with Gasteiger partial charge in [0.25, 0.3) is 0 Å². The average molecular weight is 377 g/mol. The maximum atomic E-state index is 12.1. The molecular formula is C21H36N4O2. The van der Waals surface area contributed by atoms with Crippen LogP contribution in [0.3, 0.4) is 0 Å². The molecule has 2 aliphatic heterocycles. The van der Waals surface area contributed by atoms with Gasteiger partial charge in [0.2, 0.25) is 5.91 Å². The Labute approximate surface area is 163 Å². The summed E-state index contributed by atoms with van der Waals surface area (Å²) in [6, 6.07) is 0. The Hall–Kier alpha value is -1.40. The number of carbonyl (C=O) groups is 1. The zero-order valence-electron chi connectivity index (χ0n) is 17.1. The van der Waals surface area contributed by atoms with E-state index in [1.54, 1.807) is 0 Å². The Morgan fingerprint density at radius 3 is 2.85 bits per heavy atom. The molecule has 0 aromatic carbocycles. The van der Waals surface area contributed by atoms with Crippen molar-refractivity contribution in [1.29, 1.82) is 0 Å². The average Bonchev–Trinajstić information content (AvgIpc) is 3.30. The van der Waals surface area contributed by atoms with Crippen LogP contribution in [0.4, 0.5) is 0 Å². The van der Waals surface area contributed by atoms with E-state index in [2.05, 4.69) is 40.0 Å². The van der Waals surface area contributed by atoms with Crippen LogP contribution in [-0.2, 0) is 22.6 Å². The summed E-state index contributed by atoms with van der Waals surface area (Å²) in [4.78, 5) is 14.6. The summed E-state index contributed by atoms with van der Waals surface area (Å²) in [6.45, 7) is 10.1. The molecule has 27 heavy (non-hydrogen) atoms. The van der Waals surface area contributed by atoms with E-state index in [0.717, 1.165) is 64.2 Å². The molecule has 0 spiro atoms. The van der Waals surface area contributed by atoms with Crippen molar-refractivity contribution in [2.75, 3.05) is 26.2 Å². The minimum Gasteiger partial charge on any atom is -0.376 e. The summed E-state index contributed by atoms with van der Waals surface area (Å²) in [5, 5.41) is 7.65. The third-order valence-corrected chi connectivity index (χ3v) is 5.93. The molecule has 0 radical (unpaired) electrons. The third-order valence-electron chi connectivity index (χ3n) is 5.93. The Morgan fingerprint density at radius 2 is 2.15 bits per heavy atom. The summed E-state index contributed by atoms with van der Waals surface area (Å²) >= 11 is 0. The van der Waals surface area contributed by atoms with Gasteiger partial charge in [-0.05, 0) is 64.5 Å². The van der Waals surface area contributed by atoms with Gasteiger partial charge in [0.05, 0.1) is 11.8 Å². The molecule has 1 aromatic heterocycles. The van der Waals surface area contributed by atoms with Gasteiger partial charge in [0.1, 0.15) is 0 Å². The lowest BCUT2D eigenvalue weighted by Crippen LogP contribution is -2.35. The number of likely N-dealkylation sites (tertiary alicyclic amines) is 1. The lowest BCUT2D eigenvalue weighted by Gasteiger charge is -2.31. The maximum absolute atomic E-state index is 12.1. The number of ether oxygens (including phenoxy) is 1. The molecule has 1 amide bonds. The first-order valence-electron chi connectivity index (χ1n) is 10.8. The Bertz CT molecular complexity index is 587. The lowest BCUT2D eigenvalue weighted by molar-refractivity contribution is -0.122. The number of nitrogens with zero attached hydrogens (tertiary/aromatic N) is 3. The van der Waals surface area contributed by atoms with Crippen LogP contribution in [0.1, 0.15) is 63.1 Å². The van der Waals surface area contributed by atoms with Crippen molar-refractivity contribution in [2.45, 2.75) is 78.0 Å².